The molecule has 0 bridgehead atoms. The van der Waals surface area contributed by atoms with Crippen LogP contribution >= 0.6 is 15.9 Å². The number of hydrogen-bond acceptors (Lipinski definition) is 5. The largest absolute Gasteiger partial charge is 0.348 e. The van der Waals surface area contributed by atoms with Crippen LogP contribution in [-0.2, 0) is 6.42 Å². The Morgan fingerprint density at radius 2 is 2.10 bits per heavy atom. The quantitative estimate of drug-likeness (QED) is 0.764. The average molecular weight is 334 g/mol. The molecule has 3 rings (SSSR count). The second-order valence-corrected chi connectivity index (χ2v) is 5.27. The predicted octanol–water partition coefficient (Wildman–Crippen LogP) is 2.46. The number of hydrogen-bond donors (Lipinski definition) is 2. The summed E-state index contributed by atoms with van der Waals surface area (Å²) in [4.78, 5) is 11.3. The van der Waals surface area contributed by atoms with Crippen molar-refractivity contribution in [3.63, 3.8) is 0 Å². The van der Waals surface area contributed by atoms with Gasteiger partial charge in [0.05, 0.1) is 12.4 Å². The third-order valence-electron chi connectivity index (χ3n) is 2.86. The molecule has 102 valence electrons. The van der Waals surface area contributed by atoms with Gasteiger partial charge in [0, 0.05) is 28.3 Å². The maximum Gasteiger partial charge on any atom is 0.244 e. The van der Waals surface area contributed by atoms with E-state index in [0.717, 1.165) is 15.7 Å². The van der Waals surface area contributed by atoms with Gasteiger partial charge >= 0.3 is 0 Å². The maximum absolute atomic E-state index is 6.05. The molecule has 3 aromatic rings. The van der Waals surface area contributed by atoms with E-state index >= 15 is 0 Å². The van der Waals surface area contributed by atoms with Gasteiger partial charge in [-0.15, -0.1) is 0 Å². The molecule has 7 heteroatoms. The number of halogens is 1. The highest BCUT2D eigenvalue weighted by Crippen LogP contribution is 2.21. The zero-order chi connectivity index (χ0) is 13.9. The van der Waals surface area contributed by atoms with Gasteiger partial charge in [-0.05, 0) is 24.3 Å². The lowest BCUT2D eigenvalue weighted by Gasteiger charge is -2.03. The van der Waals surface area contributed by atoms with E-state index in [1.54, 1.807) is 12.5 Å². The summed E-state index contributed by atoms with van der Waals surface area (Å²) in [6.07, 6.45) is 3.91. The van der Waals surface area contributed by atoms with E-state index in [9.17, 15) is 0 Å². The van der Waals surface area contributed by atoms with E-state index in [-0.39, 0.29) is 6.04 Å². The van der Waals surface area contributed by atoms with Crippen LogP contribution in [0.1, 0.15) is 17.6 Å². The van der Waals surface area contributed by atoms with E-state index in [0.29, 0.717) is 18.1 Å². The fourth-order valence-corrected chi connectivity index (χ4v) is 2.09. The summed E-state index contributed by atoms with van der Waals surface area (Å²) in [5.74, 6) is 0.949. The standard InChI is InChI=1S/C13H12BrN5O/c14-9-3-1-8(2-4-9)12-18-13(20-19-12)11(15)5-10-6-16-7-17-10/h1-4,6-7,11H,5,15H2,(H,16,17)/t11-/m1/s1. The lowest BCUT2D eigenvalue weighted by molar-refractivity contribution is 0.354. The molecule has 0 radical (unpaired) electrons. The van der Waals surface area contributed by atoms with Crippen LogP contribution in [-0.4, -0.2) is 20.1 Å². The number of aromatic amines is 1. The van der Waals surface area contributed by atoms with Gasteiger partial charge in [0.15, 0.2) is 0 Å². The molecule has 0 saturated heterocycles. The van der Waals surface area contributed by atoms with E-state index < -0.39 is 0 Å². The lowest BCUT2D eigenvalue weighted by atomic mass is 10.2. The van der Waals surface area contributed by atoms with Crippen LogP contribution in [0.5, 0.6) is 0 Å². The molecular weight excluding hydrogens is 322 g/mol. The van der Waals surface area contributed by atoms with Gasteiger partial charge in [-0.25, -0.2) is 4.98 Å². The van der Waals surface area contributed by atoms with Crippen molar-refractivity contribution in [3.05, 3.63) is 52.8 Å². The first-order chi connectivity index (χ1) is 9.72. The highest BCUT2D eigenvalue weighted by Gasteiger charge is 2.16. The van der Waals surface area contributed by atoms with Gasteiger partial charge in [-0.1, -0.05) is 21.1 Å². The van der Waals surface area contributed by atoms with Crippen LogP contribution in [0.15, 0.2) is 45.8 Å². The van der Waals surface area contributed by atoms with Crippen LogP contribution in [0.2, 0.25) is 0 Å². The smallest absolute Gasteiger partial charge is 0.244 e. The normalized spacial score (nSPS) is 12.5. The number of rotatable bonds is 4. The fourth-order valence-electron chi connectivity index (χ4n) is 1.82. The summed E-state index contributed by atoms with van der Waals surface area (Å²) in [6.45, 7) is 0. The van der Waals surface area contributed by atoms with Gasteiger partial charge < -0.3 is 15.2 Å². The van der Waals surface area contributed by atoms with Crippen molar-refractivity contribution >= 4 is 15.9 Å². The van der Waals surface area contributed by atoms with Crippen molar-refractivity contribution in [2.24, 2.45) is 5.73 Å². The Morgan fingerprint density at radius 1 is 1.30 bits per heavy atom. The van der Waals surface area contributed by atoms with Crippen LogP contribution < -0.4 is 5.73 Å². The van der Waals surface area contributed by atoms with E-state index in [4.69, 9.17) is 10.3 Å². The van der Waals surface area contributed by atoms with E-state index in [1.165, 1.54) is 0 Å². The number of nitrogens with one attached hydrogen (secondary N) is 1. The molecule has 6 nitrogen and oxygen atoms in total. The van der Waals surface area contributed by atoms with Gasteiger partial charge in [-0.2, -0.15) is 4.98 Å². The molecule has 0 aliphatic carbocycles. The summed E-state index contributed by atoms with van der Waals surface area (Å²) in [5, 5.41) is 3.96. The Bertz CT molecular complexity index is 677. The number of H-pyrrole nitrogens is 1. The van der Waals surface area contributed by atoms with E-state index in [2.05, 4.69) is 36.0 Å². The molecule has 20 heavy (non-hydrogen) atoms. The Hall–Kier alpha value is -1.99. The molecule has 0 amide bonds. The molecule has 0 aliphatic rings. The van der Waals surface area contributed by atoms with Gasteiger partial charge in [0.1, 0.15) is 0 Å². The summed E-state index contributed by atoms with van der Waals surface area (Å²) >= 11 is 3.39. The average Bonchev–Trinajstić information content (AvgIpc) is 3.10. The SMILES string of the molecule is N[C@H](Cc1cnc[nH]1)c1nc(-c2ccc(Br)cc2)no1. The van der Waals surface area contributed by atoms with Crippen LogP contribution in [0.4, 0.5) is 0 Å². The van der Waals surface area contributed by atoms with Gasteiger partial charge in [-0.3, -0.25) is 0 Å². The van der Waals surface area contributed by atoms with Crippen molar-refractivity contribution in [2.75, 3.05) is 0 Å². The van der Waals surface area contributed by atoms with Crippen molar-refractivity contribution in [1.29, 1.82) is 0 Å². The van der Waals surface area contributed by atoms with Crippen molar-refractivity contribution in [1.82, 2.24) is 20.1 Å². The molecule has 0 unspecified atom stereocenters. The topological polar surface area (TPSA) is 93.6 Å². The highest BCUT2D eigenvalue weighted by atomic mass is 79.9. The summed E-state index contributed by atoms with van der Waals surface area (Å²) in [7, 11) is 0. The Morgan fingerprint density at radius 3 is 2.80 bits per heavy atom. The fraction of sp³-hybridized carbons (Fsp3) is 0.154. The van der Waals surface area contributed by atoms with Gasteiger partial charge in [0.25, 0.3) is 0 Å². The van der Waals surface area contributed by atoms with E-state index in [1.807, 2.05) is 24.3 Å². The van der Waals surface area contributed by atoms with Crippen LogP contribution in [0.25, 0.3) is 11.4 Å². The summed E-state index contributed by atoms with van der Waals surface area (Å²) < 4.78 is 6.23. The molecule has 2 aromatic heterocycles. The minimum absolute atomic E-state index is 0.354. The first kappa shape index (κ1) is 13.0. The molecule has 0 spiro atoms. The predicted molar refractivity (Wildman–Crippen MR) is 76.7 cm³/mol. The highest BCUT2D eigenvalue weighted by molar-refractivity contribution is 9.10. The lowest BCUT2D eigenvalue weighted by Crippen LogP contribution is -2.13. The Balaban J connectivity index is 1.77. The molecule has 1 aromatic carbocycles. The Kier molecular flexibility index (Phi) is 3.62. The van der Waals surface area contributed by atoms with Crippen LogP contribution in [0, 0.1) is 0 Å². The molecule has 0 aliphatic heterocycles. The van der Waals surface area contributed by atoms with Crippen molar-refractivity contribution in [3.8, 4) is 11.4 Å². The van der Waals surface area contributed by atoms with Crippen molar-refractivity contribution < 1.29 is 4.52 Å². The first-order valence-electron chi connectivity index (χ1n) is 6.05. The summed E-state index contributed by atoms with van der Waals surface area (Å²) in [6, 6.07) is 7.33. The number of benzene rings is 1. The number of aromatic nitrogens is 4. The minimum atomic E-state index is -0.354. The zero-order valence-electron chi connectivity index (χ0n) is 10.5. The monoisotopic (exact) mass is 333 g/mol. The van der Waals surface area contributed by atoms with Crippen molar-refractivity contribution in [2.45, 2.75) is 12.5 Å². The first-order valence-corrected chi connectivity index (χ1v) is 6.84. The third-order valence-corrected chi connectivity index (χ3v) is 3.38. The summed E-state index contributed by atoms with van der Waals surface area (Å²) in [5.41, 5.74) is 7.87. The van der Waals surface area contributed by atoms with Gasteiger partial charge in [0.2, 0.25) is 11.7 Å². The third kappa shape index (κ3) is 2.78. The Labute approximate surface area is 123 Å². The molecule has 3 N–H and O–H groups in total. The second kappa shape index (κ2) is 5.56. The number of nitrogens with two attached hydrogens (primary N) is 1. The number of nitrogens with zero attached hydrogens (tertiary/aromatic N) is 3. The van der Waals surface area contributed by atoms with Crippen LogP contribution in [0.3, 0.4) is 0 Å². The number of imidazole rings is 1. The maximum atomic E-state index is 6.05. The molecule has 0 fully saturated rings. The second-order valence-electron chi connectivity index (χ2n) is 4.35. The molecular formula is C13H12BrN5O. The zero-order valence-corrected chi connectivity index (χ0v) is 12.0. The minimum Gasteiger partial charge on any atom is -0.348 e. The molecule has 1 atom stereocenters. The molecule has 2 heterocycles. The molecule has 0 saturated carbocycles.